The van der Waals surface area contributed by atoms with Gasteiger partial charge in [0, 0.05) is 50.4 Å². The Morgan fingerprint density at radius 3 is 2.39 bits per heavy atom. The minimum absolute atomic E-state index is 0.128. The number of carbonyl (C=O) groups excluding carboxylic acids is 1. The van der Waals surface area contributed by atoms with Crippen molar-refractivity contribution < 1.29 is 13.2 Å². The monoisotopic (exact) mass is 440 g/mol. The smallest absolute Gasteiger partial charge is 0.256 e. The molecule has 0 spiro atoms. The van der Waals surface area contributed by atoms with E-state index in [1.807, 2.05) is 7.05 Å². The van der Waals surface area contributed by atoms with Crippen LogP contribution in [0.1, 0.15) is 10.4 Å². The van der Waals surface area contributed by atoms with Crippen molar-refractivity contribution in [3.63, 3.8) is 0 Å². The minimum atomic E-state index is -3.65. The number of para-hydroxylation sites is 1. The molecule has 8 nitrogen and oxygen atoms in total. The van der Waals surface area contributed by atoms with E-state index in [9.17, 15) is 18.0 Å². The van der Waals surface area contributed by atoms with Gasteiger partial charge in [-0.05, 0) is 31.3 Å². The molecular formula is C22H24N4O4S. The van der Waals surface area contributed by atoms with Crippen LogP contribution in [-0.4, -0.2) is 61.3 Å². The second-order valence-electron chi connectivity index (χ2n) is 7.66. The van der Waals surface area contributed by atoms with Gasteiger partial charge in [0.1, 0.15) is 0 Å². The van der Waals surface area contributed by atoms with Crippen LogP contribution in [-0.2, 0) is 17.1 Å². The summed E-state index contributed by atoms with van der Waals surface area (Å²) in [4.78, 5) is 27.5. The van der Waals surface area contributed by atoms with Gasteiger partial charge >= 0.3 is 0 Å². The molecule has 0 unspecified atom stereocenters. The van der Waals surface area contributed by atoms with Crippen molar-refractivity contribution in [2.45, 2.75) is 4.90 Å². The van der Waals surface area contributed by atoms with Crippen LogP contribution in [0.15, 0.2) is 64.3 Å². The molecule has 0 saturated carbocycles. The lowest BCUT2D eigenvalue weighted by atomic mass is 10.1. The topological polar surface area (TPSA) is 91.7 Å². The molecule has 1 fully saturated rings. The van der Waals surface area contributed by atoms with Crippen LogP contribution < -0.4 is 10.9 Å². The van der Waals surface area contributed by atoms with Crippen molar-refractivity contribution in [2.75, 3.05) is 38.5 Å². The lowest BCUT2D eigenvalue weighted by Gasteiger charge is -2.31. The number of nitrogens with one attached hydrogen (secondary N) is 1. The fourth-order valence-electron chi connectivity index (χ4n) is 3.71. The van der Waals surface area contributed by atoms with Crippen LogP contribution in [0.5, 0.6) is 0 Å². The number of aryl methyl sites for hydroxylation is 1. The van der Waals surface area contributed by atoms with Gasteiger partial charge < -0.3 is 14.8 Å². The SMILES string of the molecule is CN1CCN(S(=O)(=O)c2cccc(NC(=O)c3cc(=O)n(C)c4ccccc34)c2)CC1. The highest BCUT2D eigenvalue weighted by Crippen LogP contribution is 2.22. The third-order valence-corrected chi connectivity index (χ3v) is 7.49. The van der Waals surface area contributed by atoms with Gasteiger partial charge in [-0.2, -0.15) is 4.31 Å². The summed E-state index contributed by atoms with van der Waals surface area (Å²) < 4.78 is 29.0. The summed E-state index contributed by atoms with van der Waals surface area (Å²) in [6.45, 7) is 2.20. The second kappa shape index (κ2) is 8.26. The van der Waals surface area contributed by atoms with Gasteiger partial charge in [-0.3, -0.25) is 9.59 Å². The standard InChI is InChI=1S/C22H24N4O4S/c1-24-10-12-26(13-11-24)31(29,30)17-7-5-6-16(14-17)23-22(28)19-15-21(27)25(2)20-9-4-3-8-18(19)20/h3-9,14-15H,10-13H2,1-2H3,(H,23,28). The van der Waals surface area contributed by atoms with E-state index in [4.69, 9.17) is 0 Å². The van der Waals surface area contributed by atoms with Gasteiger partial charge in [0.05, 0.1) is 16.0 Å². The van der Waals surface area contributed by atoms with E-state index in [-0.39, 0.29) is 16.0 Å². The average Bonchev–Trinajstić information content (AvgIpc) is 2.76. The lowest BCUT2D eigenvalue weighted by molar-refractivity contribution is 0.102. The molecule has 1 saturated heterocycles. The Morgan fingerprint density at radius 1 is 0.935 bits per heavy atom. The number of piperazine rings is 1. The number of pyridine rings is 1. The molecule has 1 aliphatic heterocycles. The number of hydrogen-bond acceptors (Lipinski definition) is 5. The van der Waals surface area contributed by atoms with Crippen molar-refractivity contribution in [1.82, 2.24) is 13.8 Å². The summed E-state index contributed by atoms with van der Waals surface area (Å²) >= 11 is 0. The minimum Gasteiger partial charge on any atom is -0.322 e. The number of rotatable bonds is 4. The quantitative estimate of drug-likeness (QED) is 0.667. The molecule has 3 aromatic rings. The number of benzene rings is 2. The maximum atomic E-state index is 13.0. The number of carbonyl (C=O) groups is 1. The zero-order valence-electron chi connectivity index (χ0n) is 17.4. The maximum absolute atomic E-state index is 13.0. The van der Waals surface area contributed by atoms with Crippen LogP contribution in [0.2, 0.25) is 0 Å². The molecule has 0 bridgehead atoms. The van der Waals surface area contributed by atoms with Gasteiger partial charge in [-0.15, -0.1) is 0 Å². The normalized spacial score (nSPS) is 15.8. The number of aromatic nitrogens is 1. The zero-order valence-corrected chi connectivity index (χ0v) is 18.2. The second-order valence-corrected chi connectivity index (χ2v) is 9.60. The number of hydrogen-bond donors (Lipinski definition) is 1. The first-order valence-corrected chi connectivity index (χ1v) is 11.4. The number of anilines is 1. The number of nitrogens with zero attached hydrogens (tertiary/aromatic N) is 3. The highest BCUT2D eigenvalue weighted by Gasteiger charge is 2.27. The number of sulfonamides is 1. The molecule has 1 amide bonds. The molecule has 162 valence electrons. The largest absolute Gasteiger partial charge is 0.322 e. The molecule has 31 heavy (non-hydrogen) atoms. The van der Waals surface area contributed by atoms with Crippen LogP contribution in [0.4, 0.5) is 5.69 Å². The zero-order chi connectivity index (χ0) is 22.2. The van der Waals surface area contributed by atoms with Crippen molar-refractivity contribution in [1.29, 1.82) is 0 Å². The van der Waals surface area contributed by atoms with E-state index in [2.05, 4.69) is 10.2 Å². The van der Waals surface area contributed by atoms with E-state index in [1.54, 1.807) is 43.4 Å². The Labute approximate surface area is 180 Å². The van der Waals surface area contributed by atoms with E-state index in [1.165, 1.54) is 27.1 Å². The Morgan fingerprint density at radius 2 is 1.65 bits per heavy atom. The van der Waals surface area contributed by atoms with E-state index in [0.717, 1.165) is 0 Å². The lowest BCUT2D eigenvalue weighted by Crippen LogP contribution is -2.47. The van der Waals surface area contributed by atoms with Crippen LogP contribution in [0, 0.1) is 0 Å². The van der Waals surface area contributed by atoms with Gasteiger partial charge in [0.15, 0.2) is 0 Å². The molecule has 1 aliphatic rings. The van der Waals surface area contributed by atoms with Gasteiger partial charge in [-0.25, -0.2) is 8.42 Å². The van der Waals surface area contributed by atoms with Gasteiger partial charge in [0.2, 0.25) is 10.0 Å². The molecule has 4 rings (SSSR count). The first kappa shape index (κ1) is 21.2. The predicted octanol–water partition coefficient (Wildman–Crippen LogP) is 1.73. The van der Waals surface area contributed by atoms with Crippen molar-refractivity contribution >= 4 is 32.5 Å². The highest BCUT2D eigenvalue weighted by atomic mass is 32.2. The Hall–Kier alpha value is -3.01. The molecule has 2 heterocycles. The van der Waals surface area contributed by atoms with Crippen molar-refractivity contribution in [3.8, 4) is 0 Å². The van der Waals surface area contributed by atoms with Crippen molar-refractivity contribution in [3.05, 3.63) is 70.5 Å². The molecular weight excluding hydrogens is 416 g/mol. The molecule has 2 aromatic carbocycles. The molecule has 9 heteroatoms. The first-order valence-electron chi connectivity index (χ1n) is 9.96. The third-order valence-electron chi connectivity index (χ3n) is 5.59. The summed E-state index contributed by atoms with van der Waals surface area (Å²) in [6, 6.07) is 14.6. The number of fused-ring (bicyclic) bond motifs is 1. The molecule has 1 N–H and O–H groups in total. The van der Waals surface area contributed by atoms with E-state index in [0.29, 0.717) is 42.8 Å². The van der Waals surface area contributed by atoms with E-state index >= 15 is 0 Å². The summed E-state index contributed by atoms with van der Waals surface area (Å²) in [5.41, 5.74) is 0.942. The summed E-state index contributed by atoms with van der Waals surface area (Å²) in [5, 5.41) is 3.38. The Bertz CT molecular complexity index is 1310. The summed E-state index contributed by atoms with van der Waals surface area (Å²) in [7, 11) is -0.0425. The first-order chi connectivity index (χ1) is 14.8. The summed E-state index contributed by atoms with van der Waals surface area (Å²) in [6.07, 6.45) is 0. The van der Waals surface area contributed by atoms with E-state index < -0.39 is 15.9 Å². The van der Waals surface area contributed by atoms with Crippen LogP contribution >= 0.6 is 0 Å². The van der Waals surface area contributed by atoms with Gasteiger partial charge in [-0.1, -0.05) is 24.3 Å². The molecule has 0 atom stereocenters. The number of amides is 1. The number of likely N-dealkylation sites (N-methyl/N-ethyl adjacent to an activating group) is 1. The molecule has 0 radical (unpaired) electrons. The summed E-state index contributed by atoms with van der Waals surface area (Å²) in [5.74, 6) is -0.469. The van der Waals surface area contributed by atoms with Crippen molar-refractivity contribution in [2.24, 2.45) is 7.05 Å². The fraction of sp³-hybridized carbons (Fsp3) is 0.273. The van der Waals surface area contributed by atoms with Crippen LogP contribution in [0.3, 0.4) is 0 Å². The van der Waals surface area contributed by atoms with Crippen LogP contribution in [0.25, 0.3) is 10.9 Å². The average molecular weight is 441 g/mol. The molecule has 1 aromatic heterocycles. The maximum Gasteiger partial charge on any atom is 0.256 e. The Kier molecular flexibility index (Phi) is 5.65. The van der Waals surface area contributed by atoms with Gasteiger partial charge in [0.25, 0.3) is 11.5 Å². The Balaban J connectivity index is 1.63. The fourth-order valence-corrected chi connectivity index (χ4v) is 5.18. The predicted molar refractivity (Wildman–Crippen MR) is 120 cm³/mol. The molecule has 0 aliphatic carbocycles. The third kappa shape index (κ3) is 4.12. The highest BCUT2D eigenvalue weighted by molar-refractivity contribution is 7.89.